The lowest BCUT2D eigenvalue weighted by molar-refractivity contribution is -0.131. The van der Waals surface area contributed by atoms with Crippen LogP contribution in [-0.2, 0) is 4.79 Å². The minimum atomic E-state index is 0.239. The Morgan fingerprint density at radius 2 is 2.00 bits per heavy atom. The summed E-state index contributed by atoms with van der Waals surface area (Å²) >= 11 is 0. The molecule has 0 aromatic rings. The second kappa shape index (κ2) is 3.89. The van der Waals surface area contributed by atoms with Gasteiger partial charge < -0.3 is 10.2 Å². The van der Waals surface area contributed by atoms with Gasteiger partial charge in [-0.2, -0.15) is 0 Å². The number of carbonyl (C=O) groups is 1. The first kappa shape index (κ1) is 9.97. The summed E-state index contributed by atoms with van der Waals surface area (Å²) < 4.78 is 0. The van der Waals surface area contributed by atoms with Crippen LogP contribution >= 0.6 is 0 Å². The van der Waals surface area contributed by atoms with E-state index in [0.29, 0.717) is 5.41 Å². The van der Waals surface area contributed by atoms with Gasteiger partial charge in [0.25, 0.3) is 0 Å². The largest absolute Gasteiger partial charge is 0.343 e. The highest BCUT2D eigenvalue weighted by atomic mass is 16.2. The van der Waals surface area contributed by atoms with Gasteiger partial charge in [-0.25, -0.2) is 0 Å². The van der Waals surface area contributed by atoms with Crippen molar-refractivity contribution in [1.82, 2.24) is 10.2 Å². The van der Waals surface area contributed by atoms with Gasteiger partial charge in [-0.3, -0.25) is 4.79 Å². The van der Waals surface area contributed by atoms with E-state index in [2.05, 4.69) is 5.32 Å². The van der Waals surface area contributed by atoms with E-state index in [0.717, 1.165) is 13.1 Å². The van der Waals surface area contributed by atoms with Crippen LogP contribution in [0, 0.1) is 5.41 Å². The fourth-order valence-corrected chi connectivity index (χ4v) is 2.75. The van der Waals surface area contributed by atoms with Crippen LogP contribution in [0.3, 0.4) is 0 Å². The molecule has 3 nitrogen and oxygen atoms in total. The van der Waals surface area contributed by atoms with Gasteiger partial charge in [0.1, 0.15) is 0 Å². The van der Waals surface area contributed by atoms with E-state index in [4.69, 9.17) is 0 Å². The van der Waals surface area contributed by atoms with Gasteiger partial charge in [-0.05, 0) is 37.6 Å². The molecule has 0 aromatic carbocycles. The molecule has 1 amide bonds. The minimum Gasteiger partial charge on any atom is -0.343 e. The number of rotatable bonds is 0. The maximum atomic E-state index is 11.2. The van der Waals surface area contributed by atoms with Gasteiger partial charge in [0.05, 0.1) is 0 Å². The monoisotopic (exact) mass is 196 g/mol. The van der Waals surface area contributed by atoms with Crippen molar-refractivity contribution in [3.8, 4) is 0 Å². The van der Waals surface area contributed by atoms with Crippen molar-refractivity contribution >= 4 is 5.91 Å². The van der Waals surface area contributed by atoms with E-state index in [-0.39, 0.29) is 5.91 Å². The molecule has 0 aliphatic carbocycles. The average molecular weight is 196 g/mol. The van der Waals surface area contributed by atoms with E-state index < -0.39 is 0 Å². The number of nitrogens with one attached hydrogen (secondary N) is 1. The van der Waals surface area contributed by atoms with Crippen molar-refractivity contribution < 1.29 is 4.79 Å². The summed E-state index contributed by atoms with van der Waals surface area (Å²) in [5.74, 6) is 0.239. The second-order valence-corrected chi connectivity index (χ2v) is 4.79. The van der Waals surface area contributed by atoms with Crippen molar-refractivity contribution in [2.75, 3.05) is 26.2 Å². The molecular formula is C11H20N2O. The Hall–Kier alpha value is -0.570. The normalized spacial score (nSPS) is 26.5. The highest BCUT2D eigenvalue weighted by Gasteiger charge is 2.35. The minimum absolute atomic E-state index is 0.239. The third-order valence-electron chi connectivity index (χ3n) is 3.83. The number of hydrogen-bond acceptors (Lipinski definition) is 2. The Labute approximate surface area is 85.8 Å². The number of likely N-dealkylation sites (tertiary alicyclic amines) is 1. The zero-order chi connectivity index (χ0) is 10.0. The van der Waals surface area contributed by atoms with Crippen molar-refractivity contribution in [3.05, 3.63) is 0 Å². The summed E-state index contributed by atoms with van der Waals surface area (Å²) in [6.45, 7) is 5.96. The predicted molar refractivity (Wildman–Crippen MR) is 56.0 cm³/mol. The first-order valence-corrected chi connectivity index (χ1v) is 5.68. The summed E-state index contributed by atoms with van der Waals surface area (Å²) in [5, 5.41) is 3.49. The molecule has 0 atom stereocenters. The molecule has 0 radical (unpaired) electrons. The van der Waals surface area contributed by atoms with E-state index in [1.165, 1.54) is 38.8 Å². The summed E-state index contributed by atoms with van der Waals surface area (Å²) in [5.41, 5.74) is 0.518. The lowest BCUT2D eigenvalue weighted by atomic mass is 9.73. The summed E-state index contributed by atoms with van der Waals surface area (Å²) in [4.78, 5) is 13.2. The molecule has 2 heterocycles. The number of piperidine rings is 2. The van der Waals surface area contributed by atoms with E-state index in [1.807, 2.05) is 4.90 Å². The zero-order valence-electron chi connectivity index (χ0n) is 9.01. The average Bonchev–Trinajstić information content (AvgIpc) is 2.19. The fourth-order valence-electron chi connectivity index (χ4n) is 2.75. The standard InChI is InChI=1S/C11H20N2O/c1-10(14)13-7-4-11(5-8-13)3-2-6-12-9-11/h12H,2-9H2,1H3. The zero-order valence-corrected chi connectivity index (χ0v) is 9.01. The van der Waals surface area contributed by atoms with Crippen LogP contribution in [0.5, 0.6) is 0 Å². The topological polar surface area (TPSA) is 32.3 Å². The number of carbonyl (C=O) groups excluding carboxylic acids is 1. The second-order valence-electron chi connectivity index (χ2n) is 4.79. The first-order valence-electron chi connectivity index (χ1n) is 5.68. The Morgan fingerprint density at radius 3 is 2.50 bits per heavy atom. The summed E-state index contributed by atoms with van der Waals surface area (Å²) in [7, 11) is 0. The Bertz CT molecular complexity index is 211. The van der Waals surface area contributed by atoms with Gasteiger partial charge in [-0.1, -0.05) is 0 Å². The van der Waals surface area contributed by atoms with Crippen LogP contribution < -0.4 is 5.32 Å². The third-order valence-corrected chi connectivity index (χ3v) is 3.83. The van der Waals surface area contributed by atoms with Gasteiger partial charge in [0.15, 0.2) is 0 Å². The molecule has 0 aromatic heterocycles. The highest BCUT2D eigenvalue weighted by Crippen LogP contribution is 2.37. The third kappa shape index (κ3) is 1.92. The lowest BCUT2D eigenvalue weighted by Crippen LogP contribution is -2.48. The van der Waals surface area contributed by atoms with Crippen molar-refractivity contribution in [2.24, 2.45) is 5.41 Å². The van der Waals surface area contributed by atoms with E-state index in [9.17, 15) is 4.79 Å². The maximum Gasteiger partial charge on any atom is 0.219 e. The molecule has 0 bridgehead atoms. The molecule has 2 rings (SSSR count). The molecule has 2 aliphatic heterocycles. The summed E-state index contributed by atoms with van der Waals surface area (Å²) in [6.07, 6.45) is 5.05. The molecule has 2 saturated heterocycles. The van der Waals surface area contributed by atoms with Crippen molar-refractivity contribution in [2.45, 2.75) is 32.6 Å². The van der Waals surface area contributed by atoms with E-state index >= 15 is 0 Å². The molecule has 2 fully saturated rings. The smallest absolute Gasteiger partial charge is 0.219 e. The fraction of sp³-hybridized carbons (Fsp3) is 0.909. The van der Waals surface area contributed by atoms with Gasteiger partial charge in [-0.15, -0.1) is 0 Å². The van der Waals surface area contributed by atoms with Crippen LogP contribution in [0.15, 0.2) is 0 Å². The Balaban J connectivity index is 1.90. The molecular weight excluding hydrogens is 176 g/mol. The van der Waals surface area contributed by atoms with Crippen LogP contribution in [0.4, 0.5) is 0 Å². The molecule has 0 unspecified atom stereocenters. The quantitative estimate of drug-likeness (QED) is 0.627. The SMILES string of the molecule is CC(=O)N1CCC2(CCCNC2)CC1. The number of amides is 1. The molecule has 3 heteroatoms. The number of nitrogens with zero attached hydrogens (tertiary/aromatic N) is 1. The molecule has 2 aliphatic rings. The number of hydrogen-bond donors (Lipinski definition) is 1. The summed E-state index contributed by atoms with van der Waals surface area (Å²) in [6, 6.07) is 0. The van der Waals surface area contributed by atoms with Crippen LogP contribution in [0.1, 0.15) is 32.6 Å². The van der Waals surface area contributed by atoms with Crippen molar-refractivity contribution in [3.63, 3.8) is 0 Å². The van der Waals surface area contributed by atoms with Crippen molar-refractivity contribution in [1.29, 1.82) is 0 Å². The van der Waals surface area contributed by atoms with Gasteiger partial charge in [0, 0.05) is 26.6 Å². The highest BCUT2D eigenvalue weighted by molar-refractivity contribution is 5.73. The predicted octanol–water partition coefficient (Wildman–Crippen LogP) is 0.998. The maximum absolute atomic E-state index is 11.2. The van der Waals surface area contributed by atoms with Gasteiger partial charge >= 0.3 is 0 Å². The van der Waals surface area contributed by atoms with Crippen LogP contribution in [-0.4, -0.2) is 37.0 Å². The molecule has 80 valence electrons. The molecule has 0 saturated carbocycles. The Morgan fingerprint density at radius 1 is 1.29 bits per heavy atom. The molecule has 1 spiro atoms. The van der Waals surface area contributed by atoms with Crippen LogP contribution in [0.25, 0.3) is 0 Å². The van der Waals surface area contributed by atoms with E-state index in [1.54, 1.807) is 6.92 Å². The lowest BCUT2D eigenvalue weighted by Gasteiger charge is -2.44. The van der Waals surface area contributed by atoms with Crippen LogP contribution in [0.2, 0.25) is 0 Å². The first-order chi connectivity index (χ1) is 6.72. The molecule has 14 heavy (non-hydrogen) atoms. The Kier molecular flexibility index (Phi) is 2.77. The van der Waals surface area contributed by atoms with Gasteiger partial charge in [0.2, 0.25) is 5.91 Å². The molecule has 1 N–H and O–H groups in total.